The van der Waals surface area contributed by atoms with Crippen molar-refractivity contribution in [3.63, 3.8) is 0 Å². The van der Waals surface area contributed by atoms with Crippen molar-refractivity contribution in [2.24, 2.45) is 5.92 Å². The lowest BCUT2D eigenvalue weighted by molar-refractivity contribution is -0.139. The first kappa shape index (κ1) is 14.7. The molecule has 2 bridgehead atoms. The van der Waals surface area contributed by atoms with Crippen molar-refractivity contribution >= 4 is 5.78 Å². The van der Waals surface area contributed by atoms with Gasteiger partial charge in [-0.1, -0.05) is 32.0 Å². The van der Waals surface area contributed by atoms with Gasteiger partial charge in [0.2, 0.25) is 0 Å². The minimum atomic E-state index is -0.714. The van der Waals surface area contributed by atoms with Gasteiger partial charge in [-0.3, -0.25) is 4.79 Å². The Balaban J connectivity index is 1.78. The number of benzene rings is 1. The molecule has 3 nitrogen and oxygen atoms in total. The molecule has 21 heavy (non-hydrogen) atoms. The average Bonchev–Trinajstić information content (AvgIpc) is 2.90. The van der Waals surface area contributed by atoms with Crippen molar-refractivity contribution in [3.05, 3.63) is 35.6 Å². The minimum absolute atomic E-state index is 0.0163. The van der Waals surface area contributed by atoms with Crippen molar-refractivity contribution in [2.45, 2.75) is 57.5 Å². The number of ketones is 1. The second kappa shape index (κ2) is 4.89. The monoisotopic (exact) mass is 292 g/mol. The van der Waals surface area contributed by atoms with E-state index in [2.05, 4.69) is 0 Å². The molecule has 0 saturated carbocycles. The zero-order valence-electron chi connectivity index (χ0n) is 12.7. The number of rotatable bonds is 4. The highest BCUT2D eigenvalue weighted by Gasteiger charge is 2.67. The van der Waals surface area contributed by atoms with Crippen LogP contribution in [0, 0.1) is 11.7 Å². The summed E-state index contributed by atoms with van der Waals surface area (Å²) in [6.07, 6.45) is 0.951. The van der Waals surface area contributed by atoms with Gasteiger partial charge in [0.05, 0.1) is 6.61 Å². The maximum Gasteiger partial charge on any atom is 0.196 e. The van der Waals surface area contributed by atoms with Gasteiger partial charge < -0.3 is 9.47 Å². The van der Waals surface area contributed by atoms with Crippen molar-refractivity contribution in [3.8, 4) is 0 Å². The number of halogens is 1. The molecule has 114 valence electrons. The van der Waals surface area contributed by atoms with E-state index in [9.17, 15) is 9.18 Å². The van der Waals surface area contributed by atoms with E-state index in [4.69, 9.17) is 9.47 Å². The molecule has 0 unspecified atom stereocenters. The van der Waals surface area contributed by atoms with E-state index in [1.54, 1.807) is 18.2 Å². The van der Waals surface area contributed by atoms with Gasteiger partial charge in [0, 0.05) is 5.56 Å². The van der Waals surface area contributed by atoms with Crippen molar-refractivity contribution in [1.29, 1.82) is 0 Å². The molecular formula is C17H21FO3. The Bertz CT molecular complexity index is 571. The molecule has 4 heteroatoms. The van der Waals surface area contributed by atoms with E-state index in [0.717, 1.165) is 12.8 Å². The van der Waals surface area contributed by atoms with E-state index >= 15 is 0 Å². The zero-order valence-corrected chi connectivity index (χ0v) is 12.7. The number of carbonyl (C=O) groups is 1. The van der Waals surface area contributed by atoms with Crippen LogP contribution in [0.15, 0.2) is 24.3 Å². The van der Waals surface area contributed by atoms with E-state index in [0.29, 0.717) is 5.56 Å². The molecule has 0 radical (unpaired) electrons. The summed E-state index contributed by atoms with van der Waals surface area (Å²) in [6, 6.07) is 6.47. The fourth-order valence-corrected chi connectivity index (χ4v) is 3.54. The molecule has 0 aromatic heterocycles. The molecule has 2 fully saturated rings. The first-order valence-corrected chi connectivity index (χ1v) is 7.48. The molecule has 2 heterocycles. The van der Waals surface area contributed by atoms with Crippen LogP contribution in [-0.4, -0.2) is 23.1 Å². The second-order valence-corrected chi connectivity index (χ2v) is 6.61. The van der Waals surface area contributed by atoms with E-state index in [-0.39, 0.29) is 24.1 Å². The lowest BCUT2D eigenvalue weighted by Gasteiger charge is -2.30. The second-order valence-electron chi connectivity index (χ2n) is 6.61. The third-order valence-electron chi connectivity index (χ3n) is 4.91. The number of hydrogen-bond acceptors (Lipinski definition) is 3. The Hall–Kier alpha value is -1.26. The fraction of sp³-hybridized carbons (Fsp3) is 0.588. The van der Waals surface area contributed by atoms with Gasteiger partial charge in [-0.05, 0) is 31.7 Å². The average molecular weight is 292 g/mol. The number of ether oxygens (including phenoxy) is 2. The first-order chi connectivity index (χ1) is 9.89. The van der Waals surface area contributed by atoms with Crippen LogP contribution in [0.25, 0.3) is 0 Å². The Morgan fingerprint density at radius 1 is 1.38 bits per heavy atom. The summed E-state index contributed by atoms with van der Waals surface area (Å²) < 4.78 is 25.5. The van der Waals surface area contributed by atoms with Crippen LogP contribution >= 0.6 is 0 Å². The van der Waals surface area contributed by atoms with E-state index in [1.807, 2.05) is 20.8 Å². The summed E-state index contributed by atoms with van der Waals surface area (Å²) in [5, 5.41) is 0. The van der Waals surface area contributed by atoms with Crippen LogP contribution in [0.2, 0.25) is 0 Å². The van der Waals surface area contributed by atoms with Gasteiger partial charge in [-0.15, -0.1) is 0 Å². The summed E-state index contributed by atoms with van der Waals surface area (Å²) in [5.41, 5.74) is -0.823. The molecule has 2 aliphatic rings. The third-order valence-corrected chi connectivity index (χ3v) is 4.91. The quantitative estimate of drug-likeness (QED) is 0.854. The third kappa shape index (κ3) is 2.12. The molecule has 0 N–H and O–H groups in total. The Kier molecular flexibility index (Phi) is 3.41. The highest BCUT2D eigenvalue weighted by molar-refractivity contribution is 5.96. The van der Waals surface area contributed by atoms with Gasteiger partial charge in [0.1, 0.15) is 23.1 Å². The molecule has 1 aromatic rings. The van der Waals surface area contributed by atoms with Crippen LogP contribution < -0.4 is 0 Å². The summed E-state index contributed by atoms with van der Waals surface area (Å²) in [5.74, 6) is -0.172. The maximum atomic E-state index is 13.7. The first-order valence-electron chi connectivity index (χ1n) is 7.48. The Morgan fingerprint density at radius 2 is 2.10 bits per heavy atom. The zero-order chi connectivity index (χ0) is 15.3. The van der Waals surface area contributed by atoms with Gasteiger partial charge in [-0.2, -0.15) is 0 Å². The summed E-state index contributed by atoms with van der Waals surface area (Å²) >= 11 is 0. The summed E-state index contributed by atoms with van der Waals surface area (Å²) in [7, 11) is 0. The Morgan fingerprint density at radius 3 is 2.71 bits per heavy atom. The van der Waals surface area contributed by atoms with Crippen molar-refractivity contribution in [1.82, 2.24) is 0 Å². The van der Waals surface area contributed by atoms with Crippen molar-refractivity contribution < 1.29 is 18.7 Å². The molecule has 2 saturated heterocycles. The van der Waals surface area contributed by atoms with Gasteiger partial charge in [-0.25, -0.2) is 4.39 Å². The number of carbonyl (C=O) groups excluding carboxylic acids is 1. The van der Waals surface area contributed by atoms with E-state index in [1.165, 1.54) is 6.07 Å². The predicted octanol–water partition coefficient (Wildman–Crippen LogP) is 3.26. The lowest BCUT2D eigenvalue weighted by Crippen LogP contribution is -2.48. The topological polar surface area (TPSA) is 35.5 Å². The van der Waals surface area contributed by atoms with Crippen molar-refractivity contribution in [2.75, 3.05) is 0 Å². The smallest absolute Gasteiger partial charge is 0.196 e. The molecule has 1 aromatic carbocycles. The molecular weight excluding hydrogens is 271 g/mol. The van der Waals surface area contributed by atoms with Gasteiger partial charge in [0.25, 0.3) is 0 Å². The van der Waals surface area contributed by atoms with Crippen LogP contribution in [0.4, 0.5) is 4.39 Å². The highest BCUT2D eigenvalue weighted by atomic mass is 19.1. The molecule has 3 atom stereocenters. The SMILES string of the molecule is CC(C)[C@]12CC[C@](C)(O1)[C@H](OCc1ccccc1F)C2=O. The standard InChI is InChI=1S/C17H21FO3/c1-11(2)17-9-8-16(3,21-17)15(14(17)19)20-10-12-6-4-5-7-13(12)18/h4-7,11,15H,8-10H2,1-3H3/t15-,16+,17+/m1/s1. The highest BCUT2D eigenvalue weighted by Crippen LogP contribution is 2.52. The normalized spacial score (nSPS) is 34.9. The fourth-order valence-electron chi connectivity index (χ4n) is 3.54. The van der Waals surface area contributed by atoms with Gasteiger partial charge >= 0.3 is 0 Å². The lowest BCUT2D eigenvalue weighted by atomic mass is 9.74. The molecule has 0 aliphatic carbocycles. The summed E-state index contributed by atoms with van der Waals surface area (Å²) in [6.45, 7) is 6.02. The Labute approximate surface area is 124 Å². The molecule has 0 spiro atoms. The summed E-state index contributed by atoms with van der Waals surface area (Å²) in [4.78, 5) is 12.7. The number of fused-ring (bicyclic) bond motifs is 2. The van der Waals surface area contributed by atoms with Crippen LogP contribution in [0.3, 0.4) is 0 Å². The van der Waals surface area contributed by atoms with Crippen LogP contribution in [-0.2, 0) is 20.9 Å². The van der Waals surface area contributed by atoms with Gasteiger partial charge in [0.15, 0.2) is 5.78 Å². The minimum Gasteiger partial charge on any atom is -0.362 e. The largest absolute Gasteiger partial charge is 0.362 e. The molecule has 3 rings (SSSR count). The molecule has 0 amide bonds. The number of hydrogen-bond donors (Lipinski definition) is 0. The predicted molar refractivity (Wildman–Crippen MR) is 76.3 cm³/mol. The number of Topliss-reactive ketones (excluding diaryl/α,β-unsaturated/α-hetero) is 1. The maximum absolute atomic E-state index is 13.7. The van der Waals surface area contributed by atoms with E-state index < -0.39 is 17.3 Å². The molecule has 2 aliphatic heterocycles. The van der Waals surface area contributed by atoms with Crippen LogP contribution in [0.1, 0.15) is 39.2 Å². The van der Waals surface area contributed by atoms with Crippen LogP contribution in [0.5, 0.6) is 0 Å².